The molecule has 1 aromatic rings. The van der Waals surface area contributed by atoms with E-state index in [4.69, 9.17) is 5.11 Å². The maximum atomic E-state index is 12.2. The number of thioether (sulfide) groups is 1. The smallest absolute Gasteiger partial charge is 0.335 e. The van der Waals surface area contributed by atoms with E-state index in [0.717, 1.165) is 43.7 Å². The molecule has 1 N–H and O–H groups in total. The van der Waals surface area contributed by atoms with E-state index in [-0.39, 0.29) is 5.91 Å². The van der Waals surface area contributed by atoms with Gasteiger partial charge in [0.2, 0.25) is 5.91 Å². The molecule has 22 heavy (non-hydrogen) atoms. The number of benzene rings is 1. The van der Waals surface area contributed by atoms with Crippen LogP contribution in [0.2, 0.25) is 0 Å². The molecule has 0 radical (unpaired) electrons. The monoisotopic (exact) mass is 321 g/mol. The van der Waals surface area contributed by atoms with Crippen molar-refractivity contribution in [2.75, 3.05) is 24.6 Å². The van der Waals surface area contributed by atoms with Gasteiger partial charge in [0.15, 0.2) is 0 Å². The lowest BCUT2D eigenvalue weighted by molar-refractivity contribution is -0.129. The molecule has 1 aromatic carbocycles. The molecular weight excluding hydrogens is 298 g/mol. The first-order chi connectivity index (χ1) is 10.6. The minimum Gasteiger partial charge on any atom is -0.478 e. The van der Waals surface area contributed by atoms with Crippen LogP contribution in [0.3, 0.4) is 0 Å². The third-order valence-corrected chi connectivity index (χ3v) is 5.13. The fourth-order valence-electron chi connectivity index (χ4n) is 2.77. The number of carbonyl (C=O) groups excluding carboxylic acids is 1. The summed E-state index contributed by atoms with van der Waals surface area (Å²) in [5, 5.41) is 8.95. The lowest BCUT2D eigenvalue weighted by Gasteiger charge is -2.33. The van der Waals surface area contributed by atoms with Gasteiger partial charge < -0.3 is 10.0 Å². The number of amides is 1. The average Bonchev–Trinajstić information content (AvgIpc) is 2.55. The molecule has 2 rings (SSSR count). The van der Waals surface area contributed by atoms with Crippen molar-refractivity contribution in [3.05, 3.63) is 35.4 Å². The Morgan fingerprint density at radius 2 is 2.05 bits per heavy atom. The fourth-order valence-corrected chi connectivity index (χ4v) is 3.56. The molecule has 1 saturated heterocycles. The Bertz CT molecular complexity index is 515. The van der Waals surface area contributed by atoms with E-state index < -0.39 is 5.97 Å². The first kappa shape index (κ1) is 16.9. The lowest BCUT2D eigenvalue weighted by atomic mass is 9.90. The van der Waals surface area contributed by atoms with Crippen LogP contribution in [0.15, 0.2) is 24.3 Å². The zero-order chi connectivity index (χ0) is 15.9. The number of carboxylic acid groups (broad SMARTS) is 1. The summed E-state index contributed by atoms with van der Waals surface area (Å²) in [6, 6.07) is 7.06. The SMILES string of the molecule is CCCSCC(=O)N1CCC[C@H](c2ccc(C(=O)O)cc2)C1. The molecule has 0 saturated carbocycles. The first-order valence-corrected chi connectivity index (χ1v) is 8.96. The highest BCUT2D eigenvalue weighted by molar-refractivity contribution is 7.99. The molecule has 4 nitrogen and oxygen atoms in total. The van der Waals surface area contributed by atoms with Crippen molar-refractivity contribution < 1.29 is 14.7 Å². The number of carbonyl (C=O) groups is 2. The predicted octanol–water partition coefficient (Wildman–Crippen LogP) is 3.23. The highest BCUT2D eigenvalue weighted by atomic mass is 32.2. The number of hydrogen-bond donors (Lipinski definition) is 1. The van der Waals surface area contributed by atoms with Crippen LogP contribution in [-0.4, -0.2) is 46.5 Å². The molecule has 5 heteroatoms. The maximum Gasteiger partial charge on any atom is 0.335 e. The van der Waals surface area contributed by atoms with Crippen LogP contribution in [0.5, 0.6) is 0 Å². The average molecular weight is 321 g/mol. The van der Waals surface area contributed by atoms with E-state index in [2.05, 4.69) is 6.92 Å². The van der Waals surface area contributed by atoms with E-state index in [9.17, 15) is 9.59 Å². The van der Waals surface area contributed by atoms with E-state index in [1.54, 1.807) is 23.9 Å². The normalized spacial score (nSPS) is 18.2. The zero-order valence-electron chi connectivity index (χ0n) is 13.0. The first-order valence-electron chi connectivity index (χ1n) is 7.80. The van der Waals surface area contributed by atoms with Crippen LogP contribution in [0, 0.1) is 0 Å². The quantitative estimate of drug-likeness (QED) is 0.817. The van der Waals surface area contributed by atoms with Gasteiger partial charge in [0.25, 0.3) is 0 Å². The Hall–Kier alpha value is -1.49. The molecule has 0 aliphatic carbocycles. The van der Waals surface area contributed by atoms with Crippen LogP contribution in [-0.2, 0) is 4.79 Å². The second-order valence-corrected chi connectivity index (χ2v) is 6.76. The summed E-state index contributed by atoms with van der Waals surface area (Å²) in [4.78, 5) is 25.1. The highest BCUT2D eigenvalue weighted by Crippen LogP contribution is 2.27. The van der Waals surface area contributed by atoms with Crippen molar-refractivity contribution in [2.45, 2.75) is 32.1 Å². The van der Waals surface area contributed by atoms with Crippen molar-refractivity contribution >= 4 is 23.6 Å². The molecule has 1 heterocycles. The number of nitrogens with zero attached hydrogens (tertiary/aromatic N) is 1. The lowest BCUT2D eigenvalue weighted by Crippen LogP contribution is -2.40. The van der Waals surface area contributed by atoms with Gasteiger partial charge in [0.05, 0.1) is 11.3 Å². The largest absolute Gasteiger partial charge is 0.478 e. The third-order valence-electron chi connectivity index (χ3n) is 3.98. The molecule has 0 spiro atoms. The summed E-state index contributed by atoms with van der Waals surface area (Å²) in [7, 11) is 0. The molecule has 1 aliphatic heterocycles. The van der Waals surface area contributed by atoms with E-state index in [1.807, 2.05) is 17.0 Å². The summed E-state index contributed by atoms with van der Waals surface area (Å²) in [5.74, 6) is 1.24. The number of rotatable bonds is 6. The molecule has 120 valence electrons. The molecule has 1 aliphatic rings. The third kappa shape index (κ3) is 4.50. The summed E-state index contributed by atoms with van der Waals surface area (Å²) in [6.07, 6.45) is 3.16. The number of piperidine rings is 1. The van der Waals surface area contributed by atoms with Gasteiger partial charge in [0, 0.05) is 19.0 Å². The topological polar surface area (TPSA) is 57.6 Å². The number of hydrogen-bond acceptors (Lipinski definition) is 3. The summed E-state index contributed by atoms with van der Waals surface area (Å²) >= 11 is 1.70. The Kier molecular flexibility index (Phi) is 6.31. The maximum absolute atomic E-state index is 12.2. The molecular formula is C17H23NO3S. The van der Waals surface area contributed by atoms with Gasteiger partial charge in [-0.3, -0.25) is 4.79 Å². The number of carboxylic acids is 1. The van der Waals surface area contributed by atoms with Gasteiger partial charge in [-0.2, -0.15) is 11.8 Å². The van der Waals surface area contributed by atoms with Crippen molar-refractivity contribution in [1.82, 2.24) is 4.90 Å². The predicted molar refractivity (Wildman–Crippen MR) is 89.6 cm³/mol. The van der Waals surface area contributed by atoms with Gasteiger partial charge in [-0.15, -0.1) is 0 Å². The van der Waals surface area contributed by atoms with Crippen LogP contribution >= 0.6 is 11.8 Å². The van der Waals surface area contributed by atoms with Crippen molar-refractivity contribution in [3.63, 3.8) is 0 Å². The van der Waals surface area contributed by atoms with Crippen LogP contribution < -0.4 is 0 Å². The second-order valence-electron chi connectivity index (χ2n) is 5.66. The fraction of sp³-hybridized carbons (Fsp3) is 0.529. The minimum atomic E-state index is -0.903. The summed E-state index contributed by atoms with van der Waals surface area (Å²) in [6.45, 7) is 3.71. The van der Waals surface area contributed by atoms with E-state index >= 15 is 0 Å². The van der Waals surface area contributed by atoms with Crippen LogP contribution in [0.25, 0.3) is 0 Å². The van der Waals surface area contributed by atoms with Gasteiger partial charge in [-0.25, -0.2) is 4.79 Å². The van der Waals surface area contributed by atoms with Crippen molar-refractivity contribution in [1.29, 1.82) is 0 Å². The van der Waals surface area contributed by atoms with Gasteiger partial charge in [-0.05, 0) is 42.7 Å². The Morgan fingerprint density at radius 1 is 1.32 bits per heavy atom. The Labute approximate surface area is 135 Å². The zero-order valence-corrected chi connectivity index (χ0v) is 13.8. The van der Waals surface area contributed by atoms with Gasteiger partial charge >= 0.3 is 5.97 Å². The number of likely N-dealkylation sites (tertiary alicyclic amines) is 1. The molecule has 0 aromatic heterocycles. The van der Waals surface area contributed by atoms with Crippen LogP contribution in [0.4, 0.5) is 0 Å². The van der Waals surface area contributed by atoms with E-state index in [0.29, 0.717) is 17.2 Å². The Morgan fingerprint density at radius 3 is 2.68 bits per heavy atom. The molecule has 1 atom stereocenters. The number of aromatic carboxylic acids is 1. The summed E-state index contributed by atoms with van der Waals surface area (Å²) in [5.41, 5.74) is 1.44. The standard InChI is InChI=1S/C17H23NO3S/c1-2-10-22-12-16(19)18-9-3-4-15(11-18)13-5-7-14(8-6-13)17(20)21/h5-8,15H,2-4,9-12H2,1H3,(H,20,21)/t15-/m0/s1. The van der Waals surface area contributed by atoms with Gasteiger partial charge in [-0.1, -0.05) is 19.1 Å². The molecule has 0 unspecified atom stereocenters. The molecule has 0 bridgehead atoms. The highest BCUT2D eigenvalue weighted by Gasteiger charge is 2.24. The van der Waals surface area contributed by atoms with Crippen LogP contribution in [0.1, 0.15) is 48.0 Å². The Balaban J connectivity index is 1.95. The van der Waals surface area contributed by atoms with E-state index in [1.165, 1.54) is 0 Å². The molecule has 1 fully saturated rings. The van der Waals surface area contributed by atoms with Gasteiger partial charge in [0.1, 0.15) is 0 Å². The minimum absolute atomic E-state index is 0.227. The second kappa shape index (κ2) is 8.22. The molecule has 1 amide bonds. The van der Waals surface area contributed by atoms with Crippen molar-refractivity contribution in [3.8, 4) is 0 Å². The summed E-state index contributed by atoms with van der Waals surface area (Å²) < 4.78 is 0. The van der Waals surface area contributed by atoms with Crippen molar-refractivity contribution in [2.24, 2.45) is 0 Å².